The first-order valence-corrected chi connectivity index (χ1v) is 6.32. The lowest BCUT2D eigenvalue weighted by molar-refractivity contribution is -0.136. The van der Waals surface area contributed by atoms with Crippen LogP contribution in [0, 0.1) is 0 Å². The van der Waals surface area contributed by atoms with Crippen molar-refractivity contribution in [2.75, 3.05) is 12.4 Å². The van der Waals surface area contributed by atoms with E-state index in [-0.39, 0.29) is 6.54 Å². The molecule has 0 saturated heterocycles. The number of nitrogens with zero attached hydrogens (tertiary/aromatic N) is 1. The molecule has 2 rings (SSSR count). The Labute approximate surface area is 122 Å². The van der Waals surface area contributed by atoms with Gasteiger partial charge in [0.25, 0.3) is 0 Å². The van der Waals surface area contributed by atoms with Gasteiger partial charge in [0.1, 0.15) is 5.75 Å². The standard InChI is InChI=1S/C15H15N3O3/c1-21-13-7-3-2-5-11(13)9-17-14(19)15(20)18-12-6-4-8-16-10-12/h2-8,10H,9H2,1H3,(H,17,19)(H,18,20). The molecular weight excluding hydrogens is 270 g/mol. The second kappa shape index (κ2) is 7.04. The second-order valence-corrected chi connectivity index (χ2v) is 4.19. The first-order chi connectivity index (χ1) is 10.2. The minimum atomic E-state index is -0.738. The molecule has 1 aromatic heterocycles. The van der Waals surface area contributed by atoms with E-state index in [9.17, 15) is 9.59 Å². The fourth-order valence-corrected chi connectivity index (χ4v) is 1.73. The molecule has 0 bridgehead atoms. The van der Waals surface area contributed by atoms with Gasteiger partial charge in [0.15, 0.2) is 0 Å². The first kappa shape index (κ1) is 14.5. The maximum absolute atomic E-state index is 11.7. The smallest absolute Gasteiger partial charge is 0.313 e. The van der Waals surface area contributed by atoms with Gasteiger partial charge in [-0.15, -0.1) is 0 Å². The summed E-state index contributed by atoms with van der Waals surface area (Å²) < 4.78 is 5.17. The van der Waals surface area contributed by atoms with E-state index in [2.05, 4.69) is 15.6 Å². The van der Waals surface area contributed by atoms with Crippen LogP contribution in [0.25, 0.3) is 0 Å². The molecule has 0 aliphatic heterocycles. The van der Waals surface area contributed by atoms with Gasteiger partial charge >= 0.3 is 11.8 Å². The highest BCUT2D eigenvalue weighted by atomic mass is 16.5. The van der Waals surface area contributed by atoms with Gasteiger partial charge in [-0.05, 0) is 18.2 Å². The third kappa shape index (κ3) is 4.04. The van der Waals surface area contributed by atoms with E-state index >= 15 is 0 Å². The highest BCUT2D eigenvalue weighted by molar-refractivity contribution is 6.39. The fourth-order valence-electron chi connectivity index (χ4n) is 1.73. The van der Waals surface area contributed by atoms with Gasteiger partial charge < -0.3 is 15.4 Å². The van der Waals surface area contributed by atoms with Crippen LogP contribution in [0.3, 0.4) is 0 Å². The van der Waals surface area contributed by atoms with Gasteiger partial charge in [0.2, 0.25) is 0 Å². The zero-order valence-electron chi connectivity index (χ0n) is 11.5. The number of methoxy groups -OCH3 is 1. The summed E-state index contributed by atoms with van der Waals surface area (Å²) in [7, 11) is 1.55. The molecule has 1 heterocycles. The van der Waals surface area contributed by atoms with Crippen LogP contribution in [0.5, 0.6) is 5.75 Å². The summed E-state index contributed by atoms with van der Waals surface area (Å²) in [5, 5.41) is 5.00. The van der Waals surface area contributed by atoms with Crippen LogP contribution in [0.4, 0.5) is 5.69 Å². The van der Waals surface area contributed by atoms with Gasteiger partial charge in [-0.3, -0.25) is 14.6 Å². The molecule has 0 radical (unpaired) electrons. The summed E-state index contributed by atoms with van der Waals surface area (Å²) in [6.07, 6.45) is 3.04. The lowest BCUT2D eigenvalue weighted by Crippen LogP contribution is -2.35. The number of amides is 2. The van der Waals surface area contributed by atoms with Crippen molar-refractivity contribution in [2.24, 2.45) is 0 Å². The molecule has 6 heteroatoms. The molecule has 0 atom stereocenters. The summed E-state index contributed by atoms with van der Waals surface area (Å²) in [6, 6.07) is 10.6. The van der Waals surface area contributed by atoms with E-state index in [0.29, 0.717) is 11.4 Å². The van der Waals surface area contributed by atoms with Crippen LogP contribution < -0.4 is 15.4 Å². The molecule has 21 heavy (non-hydrogen) atoms. The number of para-hydroxylation sites is 1. The zero-order valence-corrected chi connectivity index (χ0v) is 11.5. The van der Waals surface area contributed by atoms with E-state index < -0.39 is 11.8 Å². The van der Waals surface area contributed by atoms with E-state index in [0.717, 1.165) is 5.56 Å². The number of carbonyl (C=O) groups excluding carboxylic acids is 2. The van der Waals surface area contributed by atoms with Crippen molar-refractivity contribution in [1.29, 1.82) is 0 Å². The Hall–Kier alpha value is -2.89. The van der Waals surface area contributed by atoms with Crippen molar-refractivity contribution >= 4 is 17.5 Å². The summed E-state index contributed by atoms with van der Waals surface area (Å²) in [4.78, 5) is 27.3. The number of aromatic nitrogens is 1. The Kier molecular flexibility index (Phi) is 4.87. The predicted molar refractivity (Wildman–Crippen MR) is 77.7 cm³/mol. The first-order valence-electron chi connectivity index (χ1n) is 6.32. The van der Waals surface area contributed by atoms with Crippen molar-refractivity contribution in [2.45, 2.75) is 6.54 Å². The molecule has 0 unspecified atom stereocenters. The Morgan fingerprint density at radius 1 is 1.14 bits per heavy atom. The van der Waals surface area contributed by atoms with Crippen LogP contribution in [-0.4, -0.2) is 23.9 Å². The molecule has 0 fully saturated rings. The quantitative estimate of drug-likeness (QED) is 0.831. The fraction of sp³-hybridized carbons (Fsp3) is 0.133. The largest absolute Gasteiger partial charge is 0.496 e. The second-order valence-electron chi connectivity index (χ2n) is 4.19. The Bertz CT molecular complexity index is 629. The van der Waals surface area contributed by atoms with E-state index in [4.69, 9.17) is 4.74 Å². The van der Waals surface area contributed by atoms with Crippen LogP contribution in [0.15, 0.2) is 48.8 Å². The van der Waals surface area contributed by atoms with Crippen molar-refractivity contribution in [1.82, 2.24) is 10.3 Å². The van der Waals surface area contributed by atoms with Crippen molar-refractivity contribution in [3.63, 3.8) is 0 Å². The van der Waals surface area contributed by atoms with Crippen LogP contribution in [0.2, 0.25) is 0 Å². The van der Waals surface area contributed by atoms with Crippen LogP contribution in [0.1, 0.15) is 5.56 Å². The minimum Gasteiger partial charge on any atom is -0.496 e. The molecule has 2 amide bonds. The average Bonchev–Trinajstić information content (AvgIpc) is 2.53. The number of pyridine rings is 1. The maximum atomic E-state index is 11.7. The highest BCUT2D eigenvalue weighted by Gasteiger charge is 2.14. The molecule has 0 aliphatic carbocycles. The van der Waals surface area contributed by atoms with Gasteiger partial charge in [0.05, 0.1) is 19.0 Å². The summed E-state index contributed by atoms with van der Waals surface area (Å²) in [6.45, 7) is 0.212. The van der Waals surface area contributed by atoms with E-state index in [1.165, 1.54) is 6.20 Å². The molecule has 0 aliphatic rings. The monoisotopic (exact) mass is 285 g/mol. The molecule has 108 valence electrons. The highest BCUT2D eigenvalue weighted by Crippen LogP contribution is 2.16. The van der Waals surface area contributed by atoms with Gasteiger partial charge in [0, 0.05) is 18.3 Å². The third-order valence-electron chi connectivity index (χ3n) is 2.76. The minimum absolute atomic E-state index is 0.212. The molecule has 6 nitrogen and oxygen atoms in total. The SMILES string of the molecule is COc1ccccc1CNC(=O)C(=O)Nc1cccnc1. The number of hydrogen-bond donors (Lipinski definition) is 2. The van der Waals surface area contributed by atoms with Gasteiger partial charge in [-0.2, -0.15) is 0 Å². The average molecular weight is 285 g/mol. The van der Waals surface area contributed by atoms with Gasteiger partial charge in [-0.25, -0.2) is 0 Å². The molecule has 0 saturated carbocycles. The van der Waals surface area contributed by atoms with Crippen molar-refractivity contribution in [3.05, 3.63) is 54.4 Å². The summed E-state index contributed by atoms with van der Waals surface area (Å²) >= 11 is 0. The number of ether oxygens (including phenoxy) is 1. The van der Waals surface area contributed by atoms with E-state index in [1.54, 1.807) is 31.5 Å². The number of hydrogen-bond acceptors (Lipinski definition) is 4. The number of rotatable bonds is 4. The molecular formula is C15H15N3O3. The Balaban J connectivity index is 1.91. The van der Waals surface area contributed by atoms with Gasteiger partial charge in [-0.1, -0.05) is 18.2 Å². The Morgan fingerprint density at radius 3 is 2.67 bits per heavy atom. The molecule has 1 aromatic carbocycles. The normalized spacial score (nSPS) is 9.76. The summed E-state index contributed by atoms with van der Waals surface area (Å²) in [5.74, 6) is -0.798. The van der Waals surface area contributed by atoms with Crippen LogP contribution >= 0.6 is 0 Å². The third-order valence-corrected chi connectivity index (χ3v) is 2.76. The van der Waals surface area contributed by atoms with Crippen molar-refractivity contribution in [3.8, 4) is 5.75 Å². The van der Waals surface area contributed by atoms with Crippen LogP contribution in [-0.2, 0) is 16.1 Å². The summed E-state index contributed by atoms with van der Waals surface area (Å²) in [5.41, 5.74) is 1.26. The number of carbonyl (C=O) groups is 2. The predicted octanol–water partition coefficient (Wildman–Crippen LogP) is 1.35. The zero-order chi connectivity index (χ0) is 15.1. The number of anilines is 1. The molecule has 2 aromatic rings. The van der Waals surface area contributed by atoms with Crippen molar-refractivity contribution < 1.29 is 14.3 Å². The number of benzene rings is 1. The number of nitrogens with one attached hydrogen (secondary N) is 2. The van der Waals surface area contributed by atoms with E-state index in [1.807, 2.05) is 18.2 Å². The molecule has 0 spiro atoms. The molecule has 2 N–H and O–H groups in total. The lowest BCUT2D eigenvalue weighted by atomic mass is 10.2. The Morgan fingerprint density at radius 2 is 1.95 bits per heavy atom. The topological polar surface area (TPSA) is 80.3 Å². The maximum Gasteiger partial charge on any atom is 0.313 e. The lowest BCUT2D eigenvalue weighted by Gasteiger charge is -2.09.